The number of methoxy groups -OCH3 is 1. The van der Waals surface area contributed by atoms with Crippen molar-refractivity contribution in [2.75, 3.05) is 20.3 Å². The summed E-state index contributed by atoms with van der Waals surface area (Å²) in [5.41, 5.74) is 6.34. The van der Waals surface area contributed by atoms with E-state index in [0.717, 1.165) is 11.1 Å². The Hall–Kier alpha value is -4.45. The molecule has 0 saturated heterocycles. The number of carbonyl (C=O) groups is 3. The van der Waals surface area contributed by atoms with Gasteiger partial charge in [0.05, 0.1) is 19.8 Å². The molecule has 0 saturated carbocycles. The lowest BCUT2D eigenvalue weighted by atomic mass is 10.1. The van der Waals surface area contributed by atoms with E-state index >= 15 is 0 Å². The number of ether oxygens (including phenoxy) is 4. The lowest BCUT2D eigenvalue weighted by Gasteiger charge is -2.22. The van der Waals surface area contributed by atoms with Crippen LogP contribution in [0.1, 0.15) is 33.3 Å². The van der Waals surface area contributed by atoms with Crippen molar-refractivity contribution in [1.29, 1.82) is 0 Å². The molecule has 0 spiro atoms. The Kier molecular flexibility index (Phi) is 15.9. The van der Waals surface area contributed by atoms with E-state index in [1.54, 1.807) is 69.3 Å². The summed E-state index contributed by atoms with van der Waals surface area (Å²) in [6, 6.07) is 12.0. The average Bonchev–Trinajstić information content (AvgIpc) is 2.93. The van der Waals surface area contributed by atoms with Gasteiger partial charge in [-0.2, -0.15) is 0 Å². The maximum absolute atomic E-state index is 11.9. The molecule has 12 heteroatoms. The van der Waals surface area contributed by atoms with Crippen molar-refractivity contribution in [1.82, 2.24) is 5.32 Å². The maximum atomic E-state index is 11.9. The third kappa shape index (κ3) is 15.4. The van der Waals surface area contributed by atoms with Crippen molar-refractivity contribution >= 4 is 18.0 Å². The zero-order valence-corrected chi connectivity index (χ0v) is 24.0. The summed E-state index contributed by atoms with van der Waals surface area (Å²) in [5.74, 6) is -0.440. The highest BCUT2D eigenvalue weighted by molar-refractivity contribution is 5.81. The van der Waals surface area contributed by atoms with Crippen molar-refractivity contribution in [2.45, 2.75) is 51.3 Å². The number of nitrogens with one attached hydrogen (secondary N) is 1. The van der Waals surface area contributed by atoms with Crippen molar-refractivity contribution in [3.05, 3.63) is 84.5 Å². The van der Waals surface area contributed by atoms with E-state index in [4.69, 9.17) is 29.8 Å². The van der Waals surface area contributed by atoms with Crippen LogP contribution in [0.2, 0.25) is 0 Å². The molecule has 4 N–H and O–H groups in total. The molecule has 2 rings (SSSR count). The number of hydrogen-bond acceptors (Lipinski definition) is 8. The average molecular weight is 592 g/mol. The number of aliphatic carboxylic acids is 1. The summed E-state index contributed by atoms with van der Waals surface area (Å²) in [6.45, 7) is 5.48. The van der Waals surface area contributed by atoms with Crippen molar-refractivity contribution in [3.63, 3.8) is 0 Å². The topological polar surface area (TPSA) is 146 Å². The molecule has 0 aliphatic carbocycles. The molecule has 2 unspecified atom stereocenters. The van der Waals surface area contributed by atoms with Crippen LogP contribution in [-0.2, 0) is 31.9 Å². The van der Waals surface area contributed by atoms with Gasteiger partial charge in [0.2, 0.25) is 0 Å². The second-order valence-corrected chi connectivity index (χ2v) is 9.71. The summed E-state index contributed by atoms with van der Waals surface area (Å²) < 4.78 is 43.9. The van der Waals surface area contributed by atoms with Gasteiger partial charge in [0.25, 0.3) is 0 Å². The Morgan fingerprint density at radius 2 is 1.36 bits per heavy atom. The molecule has 0 heterocycles. The number of rotatable bonds is 13. The first-order valence-corrected chi connectivity index (χ1v) is 12.9. The van der Waals surface area contributed by atoms with Crippen LogP contribution >= 0.6 is 0 Å². The molecule has 0 aliphatic rings. The number of nitrogens with two attached hydrogens (primary N) is 1. The number of amides is 1. The first-order chi connectivity index (χ1) is 19.9. The molecular formula is C30H39F2N2O8+. The highest BCUT2D eigenvalue weighted by Gasteiger charge is 2.25. The molecule has 2 aromatic carbocycles. The van der Waals surface area contributed by atoms with Crippen LogP contribution in [0, 0.1) is 0 Å². The zero-order chi connectivity index (χ0) is 31.5. The number of carboxylic acid groups (broad SMARTS) is 1. The van der Waals surface area contributed by atoms with Crippen LogP contribution in [0.3, 0.4) is 0 Å². The summed E-state index contributed by atoms with van der Waals surface area (Å²) >= 11 is 0. The SMILES string of the molecule is COC(=O)C(Cc1ccc(OC/C=C/[18F])cc1)NC(=O)OC(C)(C)C.NC(Cc1ccc(OC/C=C/[18F])cc1)C(=O)O.[H+]. The summed E-state index contributed by atoms with van der Waals surface area (Å²) in [4.78, 5) is 34.3. The molecule has 2 aromatic rings. The highest BCUT2D eigenvalue weighted by atomic mass is 18.2. The van der Waals surface area contributed by atoms with Crippen molar-refractivity contribution in [3.8, 4) is 11.5 Å². The van der Waals surface area contributed by atoms with E-state index in [1.807, 2.05) is 0 Å². The van der Waals surface area contributed by atoms with E-state index in [0.29, 0.717) is 24.2 Å². The van der Waals surface area contributed by atoms with Crippen molar-refractivity contribution in [2.24, 2.45) is 5.73 Å². The molecule has 230 valence electrons. The lowest BCUT2D eigenvalue weighted by molar-refractivity contribution is -0.143. The van der Waals surface area contributed by atoms with Crippen LogP contribution in [0.4, 0.5) is 13.6 Å². The Balaban J connectivity index is 0.000000858. The normalized spacial score (nSPS) is 12.5. The van der Waals surface area contributed by atoms with Gasteiger partial charge in [-0.05, 0) is 74.7 Å². The summed E-state index contributed by atoms with van der Waals surface area (Å²) in [5, 5.41) is 11.2. The number of hydrogen-bond donors (Lipinski definition) is 3. The number of esters is 1. The molecule has 0 bridgehead atoms. The fourth-order valence-corrected chi connectivity index (χ4v) is 3.17. The number of carboxylic acids is 1. The Morgan fingerprint density at radius 3 is 1.74 bits per heavy atom. The molecule has 0 aliphatic heterocycles. The van der Waals surface area contributed by atoms with E-state index < -0.39 is 35.7 Å². The fraction of sp³-hybridized carbons (Fsp3) is 0.367. The third-order valence-electron chi connectivity index (χ3n) is 5.11. The number of benzene rings is 2. The van der Waals surface area contributed by atoms with Crippen LogP contribution in [0.25, 0.3) is 0 Å². The van der Waals surface area contributed by atoms with E-state index in [2.05, 4.69) is 5.32 Å². The monoisotopic (exact) mass is 591 g/mol. The van der Waals surface area contributed by atoms with E-state index in [1.165, 1.54) is 19.3 Å². The minimum Gasteiger partial charge on any atom is -0.489 e. The quantitative estimate of drug-likeness (QED) is 0.280. The van der Waals surface area contributed by atoms with Gasteiger partial charge in [0.1, 0.15) is 42.4 Å². The first kappa shape index (κ1) is 35.6. The van der Waals surface area contributed by atoms with Gasteiger partial charge < -0.3 is 35.1 Å². The fourth-order valence-electron chi connectivity index (χ4n) is 3.17. The Labute approximate surface area is 245 Å². The second-order valence-electron chi connectivity index (χ2n) is 9.71. The number of halogens is 2. The minimum atomic E-state index is -1.03. The zero-order valence-electron chi connectivity index (χ0n) is 25.0. The first-order valence-electron chi connectivity index (χ1n) is 12.9. The van der Waals surface area contributed by atoms with Gasteiger partial charge in [-0.15, -0.1) is 0 Å². The summed E-state index contributed by atoms with van der Waals surface area (Å²) in [6.07, 6.45) is 3.12. The molecule has 1 amide bonds. The maximum Gasteiger partial charge on any atom is 1.00 e. The largest absolute Gasteiger partial charge is 1.00 e. The van der Waals surface area contributed by atoms with Gasteiger partial charge in [-0.1, -0.05) is 24.3 Å². The Morgan fingerprint density at radius 1 is 0.905 bits per heavy atom. The highest BCUT2D eigenvalue weighted by Crippen LogP contribution is 2.15. The summed E-state index contributed by atoms with van der Waals surface area (Å²) in [7, 11) is 1.25. The standard InChI is InChI=1S/C18H24FNO5.C12H14FNO3/c1-18(2,3)25-17(22)20-15(16(21)23-4)12-13-6-8-14(9-7-13)24-11-5-10-19;13-6-1-7-17-10-4-2-9(3-5-10)8-11(14)12(15)16/h5-10,15H,11-12H2,1-4H3,(H,20,22);1-6,11H,7-8,14H2,(H,15,16)/p+1/b10-5+;6-1+/i19-1;13-1. The third-order valence-corrected chi connectivity index (χ3v) is 5.11. The molecular weight excluding hydrogens is 552 g/mol. The Bertz CT molecular complexity index is 1170. The number of alkyl carbamates (subject to hydrolysis) is 1. The van der Waals surface area contributed by atoms with E-state index in [9.17, 15) is 23.2 Å². The molecule has 0 radical (unpaired) electrons. The van der Waals surface area contributed by atoms with Gasteiger partial charge in [-0.25, -0.2) is 18.4 Å². The molecule has 0 fully saturated rings. The smallest absolute Gasteiger partial charge is 0.489 e. The van der Waals surface area contributed by atoms with Crippen LogP contribution in [-0.4, -0.2) is 61.1 Å². The van der Waals surface area contributed by atoms with Crippen molar-refractivity contribution < 1.29 is 48.6 Å². The molecule has 0 aromatic heterocycles. The van der Waals surface area contributed by atoms with Crippen LogP contribution in [0.5, 0.6) is 11.5 Å². The van der Waals surface area contributed by atoms with E-state index in [-0.39, 0.29) is 27.5 Å². The second kappa shape index (κ2) is 18.8. The molecule has 42 heavy (non-hydrogen) atoms. The minimum absolute atomic E-state index is 0. The van der Waals surface area contributed by atoms with Crippen LogP contribution < -0.4 is 20.5 Å². The molecule has 10 nitrogen and oxygen atoms in total. The van der Waals surface area contributed by atoms with Gasteiger partial charge in [0.15, 0.2) is 0 Å². The lowest BCUT2D eigenvalue weighted by Crippen LogP contribution is -2.45. The van der Waals surface area contributed by atoms with Crippen LogP contribution in [0.15, 0.2) is 73.3 Å². The van der Waals surface area contributed by atoms with Gasteiger partial charge in [-0.3, -0.25) is 4.79 Å². The van der Waals surface area contributed by atoms with Gasteiger partial charge >= 0.3 is 19.5 Å². The predicted octanol–water partition coefficient (Wildman–Crippen LogP) is 4.77. The van der Waals surface area contributed by atoms with Gasteiger partial charge in [0, 0.05) is 6.42 Å². The number of carbonyl (C=O) groups excluding carboxylic acids is 2. The molecule has 2 atom stereocenters. The predicted molar refractivity (Wildman–Crippen MR) is 154 cm³/mol.